The molecule has 0 saturated heterocycles. The van der Waals surface area contributed by atoms with Crippen LogP contribution in [0.15, 0.2) is 51.8 Å². The SMILES string of the molecule is Cc1ccccc1NC(=O)CSc1cc(Br)ccc1N. The van der Waals surface area contributed by atoms with Crippen molar-refractivity contribution in [1.29, 1.82) is 0 Å². The Hall–Kier alpha value is -1.46. The van der Waals surface area contributed by atoms with Gasteiger partial charge in [-0.25, -0.2) is 0 Å². The molecule has 2 aromatic rings. The van der Waals surface area contributed by atoms with Gasteiger partial charge in [0.05, 0.1) is 5.75 Å². The summed E-state index contributed by atoms with van der Waals surface area (Å²) < 4.78 is 0.952. The minimum Gasteiger partial charge on any atom is -0.398 e. The molecular formula is C15H15BrN2OS. The quantitative estimate of drug-likeness (QED) is 0.645. The van der Waals surface area contributed by atoms with Gasteiger partial charge in [0, 0.05) is 20.7 Å². The molecule has 0 aromatic heterocycles. The molecule has 5 heteroatoms. The van der Waals surface area contributed by atoms with Gasteiger partial charge in [-0.3, -0.25) is 4.79 Å². The summed E-state index contributed by atoms with van der Waals surface area (Å²) in [6.07, 6.45) is 0. The highest BCUT2D eigenvalue weighted by atomic mass is 79.9. The molecule has 0 aliphatic carbocycles. The molecule has 1 amide bonds. The number of rotatable bonds is 4. The molecule has 0 aliphatic rings. The lowest BCUT2D eigenvalue weighted by Crippen LogP contribution is -2.14. The first kappa shape index (κ1) is 14.9. The minimum absolute atomic E-state index is 0.0383. The van der Waals surface area contributed by atoms with Crippen molar-refractivity contribution in [3.8, 4) is 0 Å². The number of hydrogen-bond acceptors (Lipinski definition) is 3. The molecule has 3 nitrogen and oxygen atoms in total. The molecule has 0 atom stereocenters. The van der Waals surface area contributed by atoms with E-state index >= 15 is 0 Å². The maximum absolute atomic E-state index is 11.9. The van der Waals surface area contributed by atoms with Crippen LogP contribution in [0.3, 0.4) is 0 Å². The maximum atomic E-state index is 11.9. The van der Waals surface area contributed by atoms with Crippen molar-refractivity contribution in [2.24, 2.45) is 0 Å². The van der Waals surface area contributed by atoms with E-state index in [9.17, 15) is 4.79 Å². The summed E-state index contributed by atoms with van der Waals surface area (Å²) >= 11 is 4.82. The van der Waals surface area contributed by atoms with E-state index < -0.39 is 0 Å². The van der Waals surface area contributed by atoms with Gasteiger partial charge in [-0.2, -0.15) is 0 Å². The van der Waals surface area contributed by atoms with Crippen molar-refractivity contribution in [2.45, 2.75) is 11.8 Å². The molecule has 0 radical (unpaired) electrons. The molecule has 0 aliphatic heterocycles. The maximum Gasteiger partial charge on any atom is 0.234 e. The highest BCUT2D eigenvalue weighted by Gasteiger charge is 2.07. The summed E-state index contributed by atoms with van der Waals surface area (Å²) in [5.41, 5.74) is 8.46. The molecule has 2 rings (SSSR count). The second kappa shape index (κ2) is 6.81. The van der Waals surface area contributed by atoms with Crippen molar-refractivity contribution in [3.05, 3.63) is 52.5 Å². The predicted octanol–water partition coefficient (Wildman–Crippen LogP) is 4.07. The van der Waals surface area contributed by atoms with Crippen LogP contribution in [0.4, 0.5) is 11.4 Å². The molecule has 0 unspecified atom stereocenters. The number of thioether (sulfide) groups is 1. The van der Waals surface area contributed by atoms with E-state index in [1.54, 1.807) is 0 Å². The van der Waals surface area contributed by atoms with Gasteiger partial charge in [-0.05, 0) is 36.8 Å². The topological polar surface area (TPSA) is 55.1 Å². The molecule has 0 spiro atoms. The second-order valence-corrected chi connectivity index (χ2v) is 6.27. The van der Waals surface area contributed by atoms with Crippen LogP contribution in [0.2, 0.25) is 0 Å². The number of benzene rings is 2. The van der Waals surface area contributed by atoms with Crippen LogP contribution in [0, 0.1) is 6.92 Å². The van der Waals surface area contributed by atoms with Crippen molar-refractivity contribution in [3.63, 3.8) is 0 Å². The fourth-order valence-electron chi connectivity index (χ4n) is 1.68. The highest BCUT2D eigenvalue weighted by molar-refractivity contribution is 9.10. The van der Waals surface area contributed by atoms with Gasteiger partial charge in [0.15, 0.2) is 0 Å². The fourth-order valence-corrected chi connectivity index (χ4v) is 2.99. The van der Waals surface area contributed by atoms with E-state index in [-0.39, 0.29) is 5.91 Å². The number of aryl methyl sites for hydroxylation is 1. The van der Waals surface area contributed by atoms with E-state index in [0.29, 0.717) is 11.4 Å². The van der Waals surface area contributed by atoms with Crippen molar-refractivity contribution in [2.75, 3.05) is 16.8 Å². The monoisotopic (exact) mass is 350 g/mol. The first-order valence-corrected chi connectivity index (χ1v) is 7.87. The summed E-state index contributed by atoms with van der Waals surface area (Å²) in [4.78, 5) is 12.9. The molecule has 0 fully saturated rings. The van der Waals surface area contributed by atoms with Gasteiger partial charge in [-0.1, -0.05) is 34.1 Å². The summed E-state index contributed by atoms with van der Waals surface area (Å²) in [5.74, 6) is 0.290. The molecule has 3 N–H and O–H groups in total. The van der Waals surface area contributed by atoms with Crippen LogP contribution in [0.25, 0.3) is 0 Å². The fraction of sp³-hybridized carbons (Fsp3) is 0.133. The Labute approximate surface area is 131 Å². The predicted molar refractivity (Wildman–Crippen MR) is 89.1 cm³/mol. The van der Waals surface area contributed by atoms with Crippen molar-refractivity contribution < 1.29 is 4.79 Å². The number of nitrogen functional groups attached to an aromatic ring is 1. The van der Waals surface area contributed by atoms with Gasteiger partial charge in [0.1, 0.15) is 0 Å². The number of anilines is 2. The van der Waals surface area contributed by atoms with E-state index in [1.807, 2.05) is 49.4 Å². The lowest BCUT2D eigenvalue weighted by molar-refractivity contribution is -0.113. The van der Waals surface area contributed by atoms with Gasteiger partial charge >= 0.3 is 0 Å². The summed E-state index contributed by atoms with van der Waals surface area (Å²) in [6.45, 7) is 1.97. The smallest absolute Gasteiger partial charge is 0.234 e. The van der Waals surface area contributed by atoms with Crippen molar-refractivity contribution >= 4 is 45.0 Å². The third-order valence-electron chi connectivity index (χ3n) is 2.75. The zero-order valence-corrected chi connectivity index (χ0v) is 13.4. The van der Waals surface area contributed by atoms with Crippen LogP contribution >= 0.6 is 27.7 Å². The number of amides is 1. The molecule has 0 saturated carbocycles. The molecular weight excluding hydrogens is 336 g/mol. The minimum atomic E-state index is -0.0383. The number of carbonyl (C=O) groups is 1. The largest absolute Gasteiger partial charge is 0.398 e. The average molecular weight is 351 g/mol. The Balaban J connectivity index is 1.96. The Kier molecular flexibility index (Phi) is 5.09. The first-order valence-electron chi connectivity index (χ1n) is 6.09. The van der Waals surface area contributed by atoms with Gasteiger partial charge < -0.3 is 11.1 Å². The van der Waals surface area contributed by atoms with E-state index in [2.05, 4.69) is 21.2 Å². The third-order valence-corrected chi connectivity index (χ3v) is 4.32. The van der Waals surface area contributed by atoms with Crippen LogP contribution in [-0.4, -0.2) is 11.7 Å². The molecule has 20 heavy (non-hydrogen) atoms. The first-order chi connectivity index (χ1) is 9.56. The standard InChI is InChI=1S/C15H15BrN2OS/c1-10-4-2-3-5-13(10)18-15(19)9-20-14-8-11(16)6-7-12(14)17/h2-8H,9,17H2,1H3,(H,18,19). The van der Waals surface area contributed by atoms with E-state index in [4.69, 9.17) is 5.73 Å². The Morgan fingerprint density at radius 1 is 1.30 bits per heavy atom. The van der Waals surface area contributed by atoms with Crippen LogP contribution in [0.5, 0.6) is 0 Å². The molecule has 0 bridgehead atoms. The van der Waals surface area contributed by atoms with E-state index in [1.165, 1.54) is 11.8 Å². The van der Waals surface area contributed by atoms with Crippen LogP contribution in [-0.2, 0) is 4.79 Å². The summed E-state index contributed by atoms with van der Waals surface area (Å²) in [5, 5.41) is 2.90. The Bertz CT molecular complexity index is 631. The number of hydrogen-bond donors (Lipinski definition) is 2. The Morgan fingerprint density at radius 2 is 2.05 bits per heavy atom. The molecule has 0 heterocycles. The number of nitrogens with one attached hydrogen (secondary N) is 1. The van der Waals surface area contributed by atoms with Gasteiger partial charge in [0.25, 0.3) is 0 Å². The zero-order chi connectivity index (χ0) is 14.5. The van der Waals surface area contributed by atoms with E-state index in [0.717, 1.165) is 20.6 Å². The normalized spacial score (nSPS) is 10.3. The lowest BCUT2D eigenvalue weighted by atomic mass is 10.2. The number of halogens is 1. The summed E-state index contributed by atoms with van der Waals surface area (Å²) in [6, 6.07) is 13.3. The average Bonchev–Trinajstić information content (AvgIpc) is 2.42. The van der Waals surface area contributed by atoms with Crippen molar-refractivity contribution in [1.82, 2.24) is 0 Å². The van der Waals surface area contributed by atoms with Gasteiger partial charge in [0.2, 0.25) is 5.91 Å². The van der Waals surface area contributed by atoms with Crippen LogP contribution in [0.1, 0.15) is 5.56 Å². The van der Waals surface area contributed by atoms with Crippen LogP contribution < -0.4 is 11.1 Å². The highest BCUT2D eigenvalue weighted by Crippen LogP contribution is 2.28. The number of carbonyl (C=O) groups excluding carboxylic acids is 1. The number of para-hydroxylation sites is 1. The second-order valence-electron chi connectivity index (χ2n) is 4.33. The van der Waals surface area contributed by atoms with Gasteiger partial charge in [-0.15, -0.1) is 11.8 Å². The zero-order valence-electron chi connectivity index (χ0n) is 11.0. The molecule has 2 aromatic carbocycles. The number of nitrogens with two attached hydrogens (primary N) is 1. The lowest BCUT2D eigenvalue weighted by Gasteiger charge is -2.09. The Morgan fingerprint density at radius 3 is 2.80 bits per heavy atom. The molecule has 104 valence electrons. The summed E-state index contributed by atoms with van der Waals surface area (Å²) in [7, 11) is 0. The third kappa shape index (κ3) is 4.02.